The molecule has 0 aliphatic carbocycles. The summed E-state index contributed by atoms with van der Waals surface area (Å²) in [5, 5.41) is 23.9. The Kier molecular flexibility index (Phi) is 4.13. The molecule has 0 aliphatic heterocycles. The summed E-state index contributed by atoms with van der Waals surface area (Å²) >= 11 is 0. The standard InChI is InChI=1S/C14H20N4O3/c1-8(19)5-6-17(3)12-10(14(20)21)7-15-13-11(12)9(2)16-18(13)4/h7-8,19H,5-6H2,1-4H3,(H,20,21). The van der Waals surface area contributed by atoms with Crippen molar-refractivity contribution in [2.24, 2.45) is 7.05 Å². The van der Waals surface area contributed by atoms with Crippen molar-refractivity contribution in [1.82, 2.24) is 14.8 Å². The van der Waals surface area contributed by atoms with Crippen molar-refractivity contribution >= 4 is 22.7 Å². The Bertz CT molecular complexity index is 678. The van der Waals surface area contributed by atoms with E-state index in [0.717, 1.165) is 11.1 Å². The SMILES string of the molecule is Cc1nn(C)c2ncc(C(=O)O)c(N(C)CCC(C)O)c12. The normalized spacial score (nSPS) is 12.6. The van der Waals surface area contributed by atoms with Gasteiger partial charge in [-0.3, -0.25) is 4.68 Å². The summed E-state index contributed by atoms with van der Waals surface area (Å²) in [6.07, 6.45) is 1.48. The second-order valence-electron chi connectivity index (χ2n) is 5.29. The molecule has 0 bridgehead atoms. The molecule has 2 heterocycles. The zero-order chi connectivity index (χ0) is 15.7. The van der Waals surface area contributed by atoms with Gasteiger partial charge < -0.3 is 15.1 Å². The number of carboxylic acids is 1. The predicted molar refractivity (Wildman–Crippen MR) is 79.8 cm³/mol. The van der Waals surface area contributed by atoms with Crippen molar-refractivity contribution in [3.63, 3.8) is 0 Å². The molecule has 2 aromatic heterocycles. The van der Waals surface area contributed by atoms with Crippen molar-refractivity contribution in [2.75, 3.05) is 18.5 Å². The minimum absolute atomic E-state index is 0.145. The van der Waals surface area contributed by atoms with E-state index in [4.69, 9.17) is 0 Å². The zero-order valence-electron chi connectivity index (χ0n) is 12.7. The lowest BCUT2D eigenvalue weighted by Crippen LogP contribution is -2.24. The molecule has 0 aromatic carbocycles. The van der Waals surface area contributed by atoms with E-state index in [9.17, 15) is 15.0 Å². The van der Waals surface area contributed by atoms with Crippen molar-refractivity contribution in [3.8, 4) is 0 Å². The Morgan fingerprint density at radius 3 is 2.76 bits per heavy atom. The number of aromatic carboxylic acids is 1. The first kappa shape index (κ1) is 15.2. The molecule has 1 unspecified atom stereocenters. The van der Waals surface area contributed by atoms with Crippen molar-refractivity contribution in [3.05, 3.63) is 17.5 Å². The molecule has 0 spiro atoms. The first-order valence-electron chi connectivity index (χ1n) is 6.77. The number of hydrogen-bond acceptors (Lipinski definition) is 5. The summed E-state index contributed by atoms with van der Waals surface area (Å²) in [5.41, 5.74) is 2.13. The van der Waals surface area contributed by atoms with Crippen molar-refractivity contribution < 1.29 is 15.0 Å². The molecule has 0 saturated heterocycles. The van der Waals surface area contributed by atoms with Crippen LogP contribution in [-0.4, -0.2) is 50.6 Å². The number of hydrogen-bond donors (Lipinski definition) is 2. The number of nitrogens with zero attached hydrogens (tertiary/aromatic N) is 4. The molecule has 0 amide bonds. The van der Waals surface area contributed by atoms with E-state index in [2.05, 4.69) is 10.1 Å². The van der Waals surface area contributed by atoms with Crippen LogP contribution in [0.1, 0.15) is 29.4 Å². The first-order chi connectivity index (χ1) is 9.82. The second kappa shape index (κ2) is 5.69. The highest BCUT2D eigenvalue weighted by molar-refractivity contribution is 6.04. The predicted octanol–water partition coefficient (Wildman–Crippen LogP) is 1.18. The molecule has 21 heavy (non-hydrogen) atoms. The van der Waals surface area contributed by atoms with Gasteiger partial charge in [-0.05, 0) is 20.3 Å². The maximum atomic E-state index is 11.5. The van der Waals surface area contributed by atoms with E-state index < -0.39 is 12.1 Å². The molecule has 2 aromatic rings. The van der Waals surface area contributed by atoms with Gasteiger partial charge in [-0.15, -0.1) is 0 Å². The third-order valence-electron chi connectivity index (χ3n) is 3.49. The summed E-state index contributed by atoms with van der Waals surface area (Å²) in [5.74, 6) is -1.02. The first-order valence-corrected chi connectivity index (χ1v) is 6.77. The average molecular weight is 292 g/mol. The van der Waals surface area contributed by atoms with Crippen LogP contribution in [0.2, 0.25) is 0 Å². The van der Waals surface area contributed by atoms with E-state index in [1.807, 2.05) is 18.9 Å². The summed E-state index contributed by atoms with van der Waals surface area (Å²) in [7, 11) is 3.60. The van der Waals surface area contributed by atoms with E-state index in [-0.39, 0.29) is 5.56 Å². The lowest BCUT2D eigenvalue weighted by molar-refractivity contribution is 0.0697. The number of anilines is 1. The Balaban J connectivity index is 2.61. The maximum absolute atomic E-state index is 11.5. The molecule has 0 radical (unpaired) electrons. The van der Waals surface area contributed by atoms with Gasteiger partial charge in [-0.2, -0.15) is 5.10 Å². The van der Waals surface area contributed by atoms with E-state index in [0.29, 0.717) is 24.3 Å². The smallest absolute Gasteiger partial charge is 0.339 e. The molecule has 2 N–H and O–H groups in total. The summed E-state index contributed by atoms with van der Waals surface area (Å²) < 4.78 is 1.64. The molecule has 7 nitrogen and oxygen atoms in total. The number of aliphatic hydroxyl groups is 1. The van der Waals surface area contributed by atoms with E-state index in [1.165, 1.54) is 6.20 Å². The van der Waals surface area contributed by atoms with Crippen LogP contribution in [0.5, 0.6) is 0 Å². The number of aromatic nitrogens is 3. The van der Waals surface area contributed by atoms with Crippen LogP contribution in [0.4, 0.5) is 5.69 Å². The Morgan fingerprint density at radius 2 is 2.19 bits per heavy atom. The fraction of sp³-hybridized carbons (Fsp3) is 0.500. The molecule has 114 valence electrons. The van der Waals surface area contributed by atoms with Crippen LogP contribution in [0.3, 0.4) is 0 Å². The quantitative estimate of drug-likeness (QED) is 0.860. The van der Waals surface area contributed by atoms with Gasteiger partial charge in [0.15, 0.2) is 5.65 Å². The van der Waals surface area contributed by atoms with Gasteiger partial charge in [0.1, 0.15) is 5.56 Å². The minimum atomic E-state index is -1.02. The van der Waals surface area contributed by atoms with Gasteiger partial charge >= 0.3 is 5.97 Å². The van der Waals surface area contributed by atoms with Gasteiger partial charge in [0.25, 0.3) is 0 Å². The molecule has 0 saturated carbocycles. The molecule has 0 aliphatic rings. The average Bonchev–Trinajstić information content (AvgIpc) is 2.70. The van der Waals surface area contributed by atoms with Crippen LogP contribution in [0.15, 0.2) is 6.20 Å². The van der Waals surface area contributed by atoms with Crippen molar-refractivity contribution in [2.45, 2.75) is 26.4 Å². The molecular formula is C14H20N4O3. The number of fused-ring (bicyclic) bond motifs is 1. The van der Waals surface area contributed by atoms with Crippen LogP contribution < -0.4 is 4.90 Å². The van der Waals surface area contributed by atoms with Crippen LogP contribution in [0, 0.1) is 6.92 Å². The van der Waals surface area contributed by atoms with Crippen molar-refractivity contribution in [1.29, 1.82) is 0 Å². The third kappa shape index (κ3) is 2.82. The number of aryl methyl sites for hydroxylation is 2. The number of aliphatic hydroxyl groups excluding tert-OH is 1. The van der Waals surface area contributed by atoms with Crippen LogP contribution >= 0.6 is 0 Å². The monoisotopic (exact) mass is 292 g/mol. The van der Waals surface area contributed by atoms with E-state index in [1.54, 1.807) is 18.7 Å². The fourth-order valence-corrected chi connectivity index (χ4v) is 2.44. The van der Waals surface area contributed by atoms with E-state index >= 15 is 0 Å². The highest BCUT2D eigenvalue weighted by Gasteiger charge is 2.22. The van der Waals surface area contributed by atoms with Crippen LogP contribution in [0.25, 0.3) is 11.0 Å². The van der Waals surface area contributed by atoms with Gasteiger partial charge in [0.2, 0.25) is 0 Å². The molecule has 1 atom stereocenters. The van der Waals surface area contributed by atoms with Gasteiger partial charge in [0, 0.05) is 26.8 Å². The van der Waals surface area contributed by atoms with Gasteiger partial charge in [0.05, 0.1) is 22.9 Å². The Labute approximate surface area is 122 Å². The molecule has 7 heteroatoms. The lowest BCUT2D eigenvalue weighted by Gasteiger charge is -2.22. The highest BCUT2D eigenvalue weighted by Crippen LogP contribution is 2.31. The minimum Gasteiger partial charge on any atom is -0.478 e. The zero-order valence-corrected chi connectivity index (χ0v) is 12.7. The highest BCUT2D eigenvalue weighted by atomic mass is 16.4. The number of rotatable bonds is 5. The third-order valence-corrected chi connectivity index (χ3v) is 3.49. The number of carboxylic acid groups (broad SMARTS) is 1. The Morgan fingerprint density at radius 1 is 1.52 bits per heavy atom. The topological polar surface area (TPSA) is 91.5 Å². The second-order valence-corrected chi connectivity index (χ2v) is 5.29. The molecule has 2 rings (SSSR count). The lowest BCUT2D eigenvalue weighted by atomic mass is 10.1. The number of pyridine rings is 1. The molecular weight excluding hydrogens is 272 g/mol. The van der Waals surface area contributed by atoms with Gasteiger partial charge in [-0.25, -0.2) is 9.78 Å². The largest absolute Gasteiger partial charge is 0.478 e. The number of carbonyl (C=O) groups is 1. The summed E-state index contributed by atoms with van der Waals surface area (Å²) in [6, 6.07) is 0. The van der Waals surface area contributed by atoms with Gasteiger partial charge in [-0.1, -0.05) is 0 Å². The summed E-state index contributed by atoms with van der Waals surface area (Å²) in [4.78, 5) is 17.5. The van der Waals surface area contributed by atoms with Crippen LogP contribution in [-0.2, 0) is 7.05 Å². The fourth-order valence-electron chi connectivity index (χ4n) is 2.44. The summed E-state index contributed by atoms with van der Waals surface area (Å²) in [6.45, 7) is 4.09. The molecule has 0 fully saturated rings. The maximum Gasteiger partial charge on any atom is 0.339 e. The Hall–Kier alpha value is -2.15.